The summed E-state index contributed by atoms with van der Waals surface area (Å²) in [6.45, 7) is 7.79. The van der Waals surface area contributed by atoms with Gasteiger partial charge in [0.15, 0.2) is 0 Å². The number of rotatable bonds is 36. The Morgan fingerprint density at radius 2 is 0.623 bits per heavy atom. The summed E-state index contributed by atoms with van der Waals surface area (Å²) in [6, 6.07) is 29.2. The van der Waals surface area contributed by atoms with Crippen LogP contribution >= 0.6 is 0 Å². The van der Waals surface area contributed by atoms with Crippen molar-refractivity contribution >= 4 is 0 Å². The average Bonchev–Trinajstić information content (AvgIpc) is 3.28. The maximum atomic E-state index is 11.5. The summed E-state index contributed by atoms with van der Waals surface area (Å²) in [5.41, 5.74) is 6.43. The minimum absolute atomic E-state index is 0.227. The van der Waals surface area contributed by atoms with Crippen molar-refractivity contribution in [3.63, 3.8) is 0 Å². The molecular weight excluding hydrogens is 749 g/mol. The topological polar surface area (TPSA) is 47.9 Å². The highest BCUT2D eigenvalue weighted by Gasteiger charge is 2.18. The lowest BCUT2D eigenvalue weighted by molar-refractivity contribution is 0.266. The molecule has 336 valence electrons. The van der Waals surface area contributed by atoms with Gasteiger partial charge >= 0.3 is 0 Å². The highest BCUT2D eigenvalue weighted by molar-refractivity contribution is 5.46. The summed E-state index contributed by atoms with van der Waals surface area (Å²) < 4.78 is 20.0. The number of phenols is 1. The van der Waals surface area contributed by atoms with Crippen molar-refractivity contribution in [2.75, 3.05) is 0 Å². The SMILES string of the molecule is CCCCCCCCCCc1ccccc1OCc1ccc(O)c(COc2ccccc2CCCCCCCCCC)c1COc1ccccc1CCCCCCCCCC. The molecular formula is C57H84O4. The smallest absolute Gasteiger partial charge is 0.123 e. The van der Waals surface area contributed by atoms with Crippen LogP contribution in [0.25, 0.3) is 0 Å². The Hall–Kier alpha value is -3.92. The van der Waals surface area contributed by atoms with Gasteiger partial charge in [0.1, 0.15) is 42.8 Å². The molecule has 4 aromatic carbocycles. The van der Waals surface area contributed by atoms with Crippen LogP contribution in [-0.4, -0.2) is 5.11 Å². The van der Waals surface area contributed by atoms with E-state index in [9.17, 15) is 5.11 Å². The standard InChI is InChI=1S/C57H84O4/c1-4-7-10-13-16-19-22-25-34-48-37-28-31-40-55(48)59-45-51-43-44-54(58)53(47-61-57-42-33-30-39-50(57)36-27-24-21-18-15-12-9-6-3)52(51)46-60-56-41-32-29-38-49(56)35-26-23-20-17-14-11-8-5-2/h28-33,37-44,58H,4-27,34-36,45-47H2,1-3H3. The molecule has 0 spiro atoms. The van der Waals surface area contributed by atoms with Crippen LogP contribution in [0.5, 0.6) is 23.0 Å². The van der Waals surface area contributed by atoms with Crippen LogP contribution in [0.3, 0.4) is 0 Å². The number of benzene rings is 4. The van der Waals surface area contributed by atoms with E-state index < -0.39 is 0 Å². The van der Waals surface area contributed by atoms with Gasteiger partial charge in [-0.3, -0.25) is 0 Å². The molecule has 0 aliphatic rings. The van der Waals surface area contributed by atoms with Crippen molar-refractivity contribution in [1.82, 2.24) is 0 Å². The van der Waals surface area contributed by atoms with Gasteiger partial charge in [0.25, 0.3) is 0 Å². The highest BCUT2D eigenvalue weighted by atomic mass is 16.5. The predicted octanol–water partition coefficient (Wildman–Crippen LogP) is 17.2. The molecule has 1 N–H and O–H groups in total. The minimum atomic E-state index is 0.227. The van der Waals surface area contributed by atoms with E-state index in [1.54, 1.807) is 6.07 Å². The Kier molecular flexibility index (Phi) is 26.0. The van der Waals surface area contributed by atoms with Crippen LogP contribution in [0.4, 0.5) is 0 Å². The van der Waals surface area contributed by atoms with Crippen LogP contribution < -0.4 is 14.2 Å². The van der Waals surface area contributed by atoms with Crippen molar-refractivity contribution in [3.8, 4) is 23.0 Å². The summed E-state index contributed by atoms with van der Waals surface area (Å²) >= 11 is 0. The molecule has 4 aromatic rings. The van der Waals surface area contributed by atoms with Crippen LogP contribution in [-0.2, 0) is 39.1 Å². The lowest BCUT2D eigenvalue weighted by atomic mass is 10.0. The van der Waals surface area contributed by atoms with Gasteiger partial charge < -0.3 is 19.3 Å². The molecule has 0 unspecified atom stereocenters. The van der Waals surface area contributed by atoms with Crippen LogP contribution in [0, 0.1) is 0 Å². The minimum Gasteiger partial charge on any atom is -0.508 e. The first kappa shape index (κ1) is 49.7. The Bertz CT molecular complexity index is 1710. The van der Waals surface area contributed by atoms with Crippen LogP contribution in [0.2, 0.25) is 0 Å². The van der Waals surface area contributed by atoms with E-state index in [0.29, 0.717) is 13.2 Å². The molecule has 61 heavy (non-hydrogen) atoms. The summed E-state index contributed by atoms with van der Waals surface area (Å²) in [5.74, 6) is 2.97. The van der Waals surface area contributed by atoms with E-state index in [1.165, 1.54) is 158 Å². The van der Waals surface area contributed by atoms with E-state index in [0.717, 1.165) is 66.0 Å². The maximum Gasteiger partial charge on any atom is 0.123 e. The zero-order valence-corrected chi connectivity index (χ0v) is 39.0. The zero-order valence-electron chi connectivity index (χ0n) is 39.0. The second-order valence-corrected chi connectivity index (χ2v) is 17.6. The van der Waals surface area contributed by atoms with Crippen molar-refractivity contribution in [2.24, 2.45) is 0 Å². The van der Waals surface area contributed by atoms with Gasteiger partial charge in [0.2, 0.25) is 0 Å². The van der Waals surface area contributed by atoms with Crippen molar-refractivity contribution in [2.45, 2.75) is 214 Å². The molecule has 0 aliphatic heterocycles. The summed E-state index contributed by atoms with van der Waals surface area (Å²) in [5, 5.41) is 11.5. The average molecular weight is 833 g/mol. The Balaban J connectivity index is 1.46. The monoisotopic (exact) mass is 833 g/mol. The lowest BCUT2D eigenvalue weighted by Crippen LogP contribution is -2.11. The van der Waals surface area contributed by atoms with E-state index >= 15 is 0 Å². The molecule has 0 heterocycles. The molecule has 4 nitrogen and oxygen atoms in total. The summed E-state index contributed by atoms with van der Waals surface area (Å²) in [7, 11) is 0. The fourth-order valence-electron chi connectivity index (χ4n) is 8.56. The highest BCUT2D eigenvalue weighted by Crippen LogP contribution is 2.32. The number of aromatic hydroxyl groups is 1. The van der Waals surface area contributed by atoms with E-state index in [1.807, 2.05) is 6.07 Å². The van der Waals surface area contributed by atoms with Gasteiger partial charge in [-0.15, -0.1) is 0 Å². The molecule has 0 amide bonds. The fourth-order valence-corrected chi connectivity index (χ4v) is 8.56. The molecule has 0 bridgehead atoms. The fraction of sp³-hybridized carbons (Fsp3) is 0.579. The third-order valence-electron chi connectivity index (χ3n) is 12.4. The van der Waals surface area contributed by atoms with Crippen molar-refractivity contribution in [1.29, 1.82) is 0 Å². The zero-order chi connectivity index (χ0) is 43.0. The van der Waals surface area contributed by atoms with Gasteiger partial charge in [-0.05, 0) is 85.0 Å². The third-order valence-corrected chi connectivity index (χ3v) is 12.4. The van der Waals surface area contributed by atoms with Crippen molar-refractivity contribution < 1.29 is 19.3 Å². The van der Waals surface area contributed by atoms with Gasteiger partial charge in [0.05, 0.1) is 0 Å². The number of hydrogen-bond donors (Lipinski definition) is 1. The number of phenolic OH excluding ortho intramolecular Hbond substituents is 1. The number of aryl methyl sites for hydroxylation is 3. The molecule has 0 saturated heterocycles. The summed E-state index contributed by atoms with van der Waals surface area (Å²) in [6.07, 6.45) is 34.2. The number of unbranched alkanes of at least 4 members (excludes halogenated alkanes) is 21. The van der Waals surface area contributed by atoms with Gasteiger partial charge in [0, 0.05) is 11.1 Å². The molecule has 0 aromatic heterocycles. The molecule has 0 radical (unpaired) electrons. The molecule has 0 atom stereocenters. The normalized spacial score (nSPS) is 11.3. The Morgan fingerprint density at radius 1 is 0.311 bits per heavy atom. The first-order valence-corrected chi connectivity index (χ1v) is 25.1. The third kappa shape index (κ3) is 19.8. The molecule has 4 heteroatoms. The number of para-hydroxylation sites is 3. The lowest BCUT2D eigenvalue weighted by Gasteiger charge is -2.20. The number of ether oxygens (including phenoxy) is 3. The first-order valence-electron chi connectivity index (χ1n) is 25.1. The Labute approximate surface area is 373 Å². The van der Waals surface area contributed by atoms with Gasteiger partial charge in [-0.2, -0.15) is 0 Å². The van der Waals surface area contributed by atoms with Crippen LogP contribution in [0.15, 0.2) is 84.9 Å². The van der Waals surface area contributed by atoms with Crippen molar-refractivity contribution in [3.05, 3.63) is 118 Å². The van der Waals surface area contributed by atoms with Gasteiger partial charge in [-0.1, -0.05) is 216 Å². The van der Waals surface area contributed by atoms with Gasteiger partial charge in [-0.25, -0.2) is 0 Å². The maximum absolute atomic E-state index is 11.5. The largest absolute Gasteiger partial charge is 0.508 e. The summed E-state index contributed by atoms with van der Waals surface area (Å²) in [4.78, 5) is 0. The second kappa shape index (κ2) is 31.9. The molecule has 0 aliphatic carbocycles. The molecule has 0 fully saturated rings. The predicted molar refractivity (Wildman–Crippen MR) is 259 cm³/mol. The van der Waals surface area contributed by atoms with E-state index in [2.05, 4.69) is 93.6 Å². The molecule has 4 rings (SSSR count). The Morgan fingerprint density at radius 3 is 1.00 bits per heavy atom. The molecule has 0 saturated carbocycles. The quantitative estimate of drug-likeness (QED) is 0.0464. The van der Waals surface area contributed by atoms with E-state index in [-0.39, 0.29) is 12.4 Å². The number of hydrogen-bond acceptors (Lipinski definition) is 4. The second-order valence-electron chi connectivity index (χ2n) is 17.6. The van der Waals surface area contributed by atoms with E-state index in [4.69, 9.17) is 14.2 Å². The van der Waals surface area contributed by atoms with Crippen LogP contribution in [0.1, 0.15) is 208 Å². The first-order chi connectivity index (χ1) is 30.1.